The van der Waals surface area contributed by atoms with E-state index in [0.29, 0.717) is 5.57 Å². The van der Waals surface area contributed by atoms with Gasteiger partial charge in [-0.3, -0.25) is 0 Å². The first-order valence-corrected chi connectivity index (χ1v) is 13.4. The molecule has 0 unspecified atom stereocenters. The smallest absolute Gasteiger partial charge is 0.396 e. The molecule has 0 saturated heterocycles. The first-order chi connectivity index (χ1) is 16.9. The number of rotatable bonds is 9. The molecule has 3 rings (SSSR count). The molecule has 0 aliphatic rings. The van der Waals surface area contributed by atoms with Crippen LogP contribution < -0.4 is 0 Å². The molecular formula is C26H26F4O4S2. The van der Waals surface area contributed by atoms with E-state index in [0.717, 1.165) is 6.26 Å². The molecule has 0 aliphatic carbocycles. The van der Waals surface area contributed by atoms with Crippen molar-refractivity contribution in [2.24, 2.45) is 0 Å². The number of ether oxygens (including phenoxy) is 1. The maximum atomic E-state index is 12.8. The Bertz CT molecular complexity index is 1110. The van der Waals surface area contributed by atoms with Gasteiger partial charge in [-0.1, -0.05) is 54.6 Å². The fourth-order valence-electron chi connectivity index (χ4n) is 2.82. The Morgan fingerprint density at radius 2 is 1.17 bits per heavy atom. The number of halogens is 4. The largest absolute Gasteiger partial charge is 0.743 e. The Balaban J connectivity index is 0.000000256. The third-order valence-corrected chi connectivity index (χ3v) is 7.69. The van der Waals surface area contributed by atoms with Gasteiger partial charge in [0, 0.05) is 0 Å². The lowest BCUT2D eigenvalue weighted by Gasteiger charge is -2.28. The Hall–Kier alpha value is -2.82. The molecule has 4 nitrogen and oxygen atoms in total. The van der Waals surface area contributed by atoms with Crippen molar-refractivity contribution in [2.45, 2.75) is 46.1 Å². The molecule has 0 atom stereocenters. The highest BCUT2D eigenvalue weighted by atomic mass is 32.2. The molecular weight excluding hydrogens is 516 g/mol. The minimum atomic E-state index is -6.42. The molecule has 0 aliphatic heterocycles. The van der Waals surface area contributed by atoms with Crippen molar-refractivity contribution < 1.29 is 35.3 Å². The minimum absolute atomic E-state index is 0.0146. The van der Waals surface area contributed by atoms with E-state index in [2.05, 4.69) is 95.7 Å². The Kier molecular flexibility index (Phi) is 10.6. The highest BCUT2D eigenvalue weighted by molar-refractivity contribution is 7.97. The van der Waals surface area contributed by atoms with Crippen molar-refractivity contribution in [2.75, 3.05) is 6.61 Å². The van der Waals surface area contributed by atoms with Crippen LogP contribution in [0.15, 0.2) is 118 Å². The number of allylic oxidation sites excluding steroid dienone is 1. The van der Waals surface area contributed by atoms with Gasteiger partial charge >= 0.3 is 11.2 Å². The van der Waals surface area contributed by atoms with E-state index in [4.69, 9.17) is 0 Å². The first-order valence-electron chi connectivity index (χ1n) is 10.7. The summed E-state index contributed by atoms with van der Waals surface area (Å²) in [7, 11) is -6.43. The molecule has 0 heterocycles. The van der Waals surface area contributed by atoms with Crippen molar-refractivity contribution in [3.05, 3.63) is 103 Å². The van der Waals surface area contributed by atoms with Crippen molar-refractivity contribution in [1.82, 2.24) is 0 Å². The van der Waals surface area contributed by atoms with Crippen LogP contribution in [0.2, 0.25) is 0 Å². The van der Waals surface area contributed by atoms with Crippen LogP contribution in [0.25, 0.3) is 0 Å². The number of alkyl halides is 4. The van der Waals surface area contributed by atoms with Gasteiger partial charge < -0.3 is 9.29 Å². The van der Waals surface area contributed by atoms with Crippen LogP contribution in [0.1, 0.15) is 20.3 Å². The summed E-state index contributed by atoms with van der Waals surface area (Å²) < 4.78 is 85.2. The van der Waals surface area contributed by atoms with E-state index in [1.54, 1.807) is 13.8 Å². The van der Waals surface area contributed by atoms with E-state index in [1.165, 1.54) is 14.7 Å². The van der Waals surface area contributed by atoms with E-state index in [-0.39, 0.29) is 10.9 Å². The summed E-state index contributed by atoms with van der Waals surface area (Å²) in [6.07, 6.45) is -0.523. The van der Waals surface area contributed by atoms with Crippen molar-refractivity contribution >= 4 is 21.0 Å². The normalized spacial score (nSPS) is 11.9. The summed E-state index contributed by atoms with van der Waals surface area (Å²) in [6.45, 7) is 2.33. The molecule has 0 fully saturated rings. The summed E-state index contributed by atoms with van der Waals surface area (Å²) in [6, 6.07) is 32.2. The van der Waals surface area contributed by atoms with Crippen molar-refractivity contribution in [1.29, 1.82) is 0 Å². The summed E-state index contributed by atoms with van der Waals surface area (Å²) in [5.74, 6) is -4.97. The molecule has 3 aromatic carbocycles. The zero-order chi connectivity index (χ0) is 26.8. The van der Waals surface area contributed by atoms with Gasteiger partial charge in [-0.25, -0.2) is 8.42 Å². The lowest BCUT2D eigenvalue weighted by molar-refractivity contribution is -0.168. The van der Waals surface area contributed by atoms with Gasteiger partial charge in [-0.2, -0.15) is 17.6 Å². The molecule has 0 saturated carbocycles. The lowest BCUT2D eigenvalue weighted by Crippen LogP contribution is -2.47. The Morgan fingerprint density at radius 1 is 0.806 bits per heavy atom. The van der Waals surface area contributed by atoms with Crippen molar-refractivity contribution in [3.63, 3.8) is 0 Å². The highest BCUT2D eigenvalue weighted by Crippen LogP contribution is 2.40. The van der Waals surface area contributed by atoms with Crippen LogP contribution in [0.3, 0.4) is 0 Å². The van der Waals surface area contributed by atoms with Crippen LogP contribution in [0.5, 0.6) is 0 Å². The number of benzene rings is 3. The molecule has 194 valence electrons. The second-order valence-corrected chi connectivity index (χ2v) is 11.2. The molecule has 0 amide bonds. The third-order valence-electron chi connectivity index (χ3n) is 4.53. The second-order valence-electron chi connectivity index (χ2n) is 7.74. The molecule has 36 heavy (non-hydrogen) atoms. The average Bonchev–Trinajstić information content (AvgIpc) is 2.84. The number of hydrogen-bond donors (Lipinski definition) is 0. The third kappa shape index (κ3) is 8.11. The lowest BCUT2D eigenvalue weighted by atomic mass is 10.2. The Labute approximate surface area is 211 Å². The van der Waals surface area contributed by atoms with Gasteiger partial charge in [-0.05, 0) is 55.8 Å². The van der Waals surface area contributed by atoms with Crippen LogP contribution in [-0.4, -0.2) is 30.8 Å². The predicted molar refractivity (Wildman–Crippen MR) is 131 cm³/mol. The van der Waals surface area contributed by atoms with Gasteiger partial charge in [-0.15, -0.1) is 0 Å². The molecule has 0 spiro atoms. The predicted octanol–water partition coefficient (Wildman–Crippen LogP) is 6.87. The fourth-order valence-corrected chi connectivity index (χ4v) is 5.39. The standard InChI is InChI=1S/C18H15S.C8H12F4O4S/c1-4-10-16(11-5-1)19(17-12-6-2-7-13-17)18-14-8-3-9-15-18;1-6(2)5-16-4-3-7(9,10)8(11,12)17(13,14)15/h1-15H;5H,3-4H2,1-2H3,(H,13,14,15)/q+1;/p-1. The fraction of sp³-hybridized carbons (Fsp3) is 0.231. The van der Waals surface area contributed by atoms with E-state index in [9.17, 15) is 30.5 Å². The summed E-state index contributed by atoms with van der Waals surface area (Å²) >= 11 is 0. The zero-order valence-electron chi connectivity index (χ0n) is 19.6. The second kappa shape index (κ2) is 12.9. The molecule has 10 heteroatoms. The van der Waals surface area contributed by atoms with Crippen LogP contribution in [0, 0.1) is 0 Å². The maximum Gasteiger partial charge on any atom is 0.396 e. The van der Waals surface area contributed by atoms with E-state index in [1.807, 2.05) is 0 Å². The molecule has 0 radical (unpaired) electrons. The highest BCUT2D eigenvalue weighted by Gasteiger charge is 2.61. The first kappa shape index (κ1) is 29.4. The SMILES string of the molecule is CC(C)=COCCC(F)(F)C(F)(F)S(=O)(=O)[O-].c1ccc([S+](c2ccccc2)c2ccccc2)cc1. The monoisotopic (exact) mass is 542 g/mol. The van der Waals surface area contributed by atoms with Gasteiger partial charge in [0.1, 0.15) is 0 Å². The zero-order valence-corrected chi connectivity index (χ0v) is 21.2. The quantitative estimate of drug-likeness (QED) is 0.0973. The van der Waals surface area contributed by atoms with E-state index < -0.39 is 34.3 Å². The average molecular weight is 543 g/mol. The van der Waals surface area contributed by atoms with Gasteiger partial charge in [0.15, 0.2) is 24.8 Å². The summed E-state index contributed by atoms with van der Waals surface area (Å²) in [5, 5.41) is -5.64. The van der Waals surface area contributed by atoms with Crippen LogP contribution >= 0.6 is 0 Å². The number of hydrogen-bond acceptors (Lipinski definition) is 4. The van der Waals surface area contributed by atoms with Crippen LogP contribution in [0.4, 0.5) is 17.6 Å². The molecule has 0 bridgehead atoms. The molecule has 3 aromatic rings. The minimum Gasteiger partial charge on any atom is -0.743 e. The van der Waals surface area contributed by atoms with Gasteiger partial charge in [0.25, 0.3) is 0 Å². The molecule has 0 aromatic heterocycles. The van der Waals surface area contributed by atoms with Crippen LogP contribution in [-0.2, 0) is 25.7 Å². The summed E-state index contributed by atoms with van der Waals surface area (Å²) in [5.41, 5.74) is 0.608. The van der Waals surface area contributed by atoms with Gasteiger partial charge in [0.2, 0.25) is 0 Å². The maximum absolute atomic E-state index is 12.8. The van der Waals surface area contributed by atoms with Crippen molar-refractivity contribution in [3.8, 4) is 0 Å². The molecule has 0 N–H and O–H groups in total. The topological polar surface area (TPSA) is 66.4 Å². The van der Waals surface area contributed by atoms with E-state index >= 15 is 0 Å². The summed E-state index contributed by atoms with van der Waals surface area (Å²) in [4.78, 5) is 4.08. The Morgan fingerprint density at radius 3 is 1.47 bits per heavy atom. The van der Waals surface area contributed by atoms with Gasteiger partial charge in [0.05, 0.1) is 30.2 Å².